The van der Waals surface area contributed by atoms with Gasteiger partial charge in [0.05, 0.1) is 0 Å². The van der Waals surface area contributed by atoms with Gasteiger partial charge >= 0.3 is 0 Å². The van der Waals surface area contributed by atoms with Crippen LogP contribution in [0.4, 0.5) is 0 Å². The Balaban J connectivity index is 1.72. The average molecular weight is 229 g/mol. The molecule has 1 aromatic rings. The largest absolute Gasteiger partial charge is 0.316 e. The summed E-state index contributed by atoms with van der Waals surface area (Å²) in [6.07, 6.45) is 4.99. The Bertz CT molecular complexity index is 399. The van der Waals surface area contributed by atoms with Gasteiger partial charge < -0.3 is 5.32 Å². The molecule has 0 amide bonds. The zero-order valence-corrected chi connectivity index (χ0v) is 10.1. The molecule has 0 bridgehead atoms. The monoisotopic (exact) mass is 229 g/mol. The van der Waals surface area contributed by atoms with E-state index in [-0.39, 0.29) is 5.92 Å². The molecular weight excluding hydrogens is 210 g/mol. The second-order valence-corrected chi connectivity index (χ2v) is 5.30. The van der Waals surface area contributed by atoms with E-state index < -0.39 is 0 Å². The summed E-state index contributed by atoms with van der Waals surface area (Å²) in [6.45, 7) is 1.83. The van der Waals surface area contributed by atoms with Crippen LogP contribution in [0, 0.1) is 5.92 Å². The van der Waals surface area contributed by atoms with Crippen LogP contribution >= 0.6 is 0 Å². The van der Waals surface area contributed by atoms with Gasteiger partial charge in [0.2, 0.25) is 0 Å². The zero-order chi connectivity index (χ0) is 11.7. The van der Waals surface area contributed by atoms with Gasteiger partial charge in [-0.2, -0.15) is 0 Å². The molecule has 1 unspecified atom stereocenters. The van der Waals surface area contributed by atoms with E-state index in [2.05, 4.69) is 17.4 Å². The third kappa shape index (κ3) is 2.14. The molecule has 17 heavy (non-hydrogen) atoms. The van der Waals surface area contributed by atoms with Crippen molar-refractivity contribution in [2.24, 2.45) is 5.92 Å². The number of ketones is 1. The Morgan fingerprint density at radius 1 is 1.12 bits per heavy atom. The second-order valence-electron chi connectivity index (χ2n) is 5.30. The minimum atomic E-state index is 0.199. The first-order valence-electron chi connectivity index (χ1n) is 6.69. The maximum absolute atomic E-state index is 12.2. The third-order valence-corrected chi connectivity index (χ3v) is 4.20. The van der Waals surface area contributed by atoms with Crippen molar-refractivity contribution in [3.63, 3.8) is 0 Å². The lowest BCUT2D eigenvalue weighted by Gasteiger charge is -2.25. The second kappa shape index (κ2) is 4.61. The Morgan fingerprint density at radius 3 is 2.41 bits per heavy atom. The van der Waals surface area contributed by atoms with Gasteiger partial charge in [-0.1, -0.05) is 30.7 Å². The molecule has 1 saturated carbocycles. The maximum atomic E-state index is 12.2. The fourth-order valence-corrected chi connectivity index (χ4v) is 2.78. The minimum Gasteiger partial charge on any atom is -0.316 e. The summed E-state index contributed by atoms with van der Waals surface area (Å²) in [5.74, 6) is 1.27. The summed E-state index contributed by atoms with van der Waals surface area (Å²) in [5, 5.41) is 3.25. The average Bonchev–Trinajstić information content (AvgIpc) is 2.80. The van der Waals surface area contributed by atoms with Crippen molar-refractivity contribution in [1.29, 1.82) is 0 Å². The van der Waals surface area contributed by atoms with Gasteiger partial charge in [-0.15, -0.1) is 0 Å². The summed E-state index contributed by atoms with van der Waals surface area (Å²) in [7, 11) is 0. The van der Waals surface area contributed by atoms with Crippen LogP contribution in [-0.2, 0) is 0 Å². The van der Waals surface area contributed by atoms with Gasteiger partial charge in [0, 0.05) is 18.0 Å². The molecule has 1 aromatic carbocycles. The fraction of sp³-hybridized carbons (Fsp3) is 0.533. The Hall–Kier alpha value is -1.15. The third-order valence-electron chi connectivity index (χ3n) is 4.20. The summed E-state index contributed by atoms with van der Waals surface area (Å²) >= 11 is 0. The van der Waals surface area contributed by atoms with Gasteiger partial charge in [0.1, 0.15) is 0 Å². The molecule has 2 fully saturated rings. The first kappa shape index (κ1) is 11.0. The van der Waals surface area contributed by atoms with Crippen molar-refractivity contribution in [2.75, 3.05) is 13.1 Å². The lowest BCUT2D eigenvalue weighted by molar-refractivity contribution is 0.0930. The molecule has 0 aromatic heterocycles. The van der Waals surface area contributed by atoms with E-state index in [1.165, 1.54) is 24.8 Å². The summed E-state index contributed by atoms with van der Waals surface area (Å²) in [4.78, 5) is 12.2. The highest BCUT2D eigenvalue weighted by Gasteiger charge is 2.24. The quantitative estimate of drug-likeness (QED) is 0.807. The number of benzene rings is 1. The standard InChI is InChI=1S/C15H19NO/c17-15(14-8-9-16-10-14)13-6-4-12(5-7-13)11-2-1-3-11/h4-7,11,14,16H,1-3,8-10H2. The van der Waals surface area contributed by atoms with E-state index in [4.69, 9.17) is 0 Å². The minimum absolute atomic E-state index is 0.199. The fourth-order valence-electron chi connectivity index (χ4n) is 2.78. The summed E-state index contributed by atoms with van der Waals surface area (Å²) in [6, 6.07) is 8.35. The molecule has 1 heterocycles. The molecule has 1 N–H and O–H groups in total. The Kier molecular flexibility index (Phi) is 2.98. The molecule has 3 rings (SSSR count). The molecule has 1 aliphatic carbocycles. The highest BCUT2D eigenvalue weighted by atomic mass is 16.1. The van der Waals surface area contributed by atoms with Crippen molar-refractivity contribution in [1.82, 2.24) is 5.32 Å². The van der Waals surface area contributed by atoms with Crippen LogP contribution in [0.2, 0.25) is 0 Å². The van der Waals surface area contributed by atoms with Crippen LogP contribution in [0.5, 0.6) is 0 Å². The molecule has 0 spiro atoms. The van der Waals surface area contributed by atoms with Crippen molar-refractivity contribution in [3.05, 3.63) is 35.4 Å². The van der Waals surface area contributed by atoms with Crippen molar-refractivity contribution in [3.8, 4) is 0 Å². The first-order chi connectivity index (χ1) is 8.34. The number of hydrogen-bond acceptors (Lipinski definition) is 2. The number of Topliss-reactive ketones (excluding diaryl/α,β-unsaturated/α-hetero) is 1. The topological polar surface area (TPSA) is 29.1 Å². The molecule has 2 nitrogen and oxygen atoms in total. The normalized spacial score (nSPS) is 24.6. The van der Waals surface area contributed by atoms with E-state index in [0.29, 0.717) is 5.78 Å². The van der Waals surface area contributed by atoms with Gasteiger partial charge in [-0.3, -0.25) is 4.79 Å². The molecule has 0 radical (unpaired) electrons. The Morgan fingerprint density at radius 2 is 1.88 bits per heavy atom. The molecule has 90 valence electrons. The number of hydrogen-bond donors (Lipinski definition) is 1. The van der Waals surface area contributed by atoms with Crippen molar-refractivity contribution >= 4 is 5.78 Å². The first-order valence-corrected chi connectivity index (χ1v) is 6.69. The molecule has 1 aliphatic heterocycles. The lowest BCUT2D eigenvalue weighted by atomic mass is 9.79. The van der Waals surface area contributed by atoms with Crippen molar-refractivity contribution in [2.45, 2.75) is 31.6 Å². The molecule has 2 aliphatic rings. The van der Waals surface area contributed by atoms with Gasteiger partial charge in [0.15, 0.2) is 5.78 Å². The van der Waals surface area contributed by atoms with E-state index in [0.717, 1.165) is 31.0 Å². The highest BCUT2D eigenvalue weighted by Crippen LogP contribution is 2.36. The predicted octanol–water partition coefficient (Wildman–Crippen LogP) is 2.75. The maximum Gasteiger partial charge on any atom is 0.167 e. The van der Waals surface area contributed by atoms with Gasteiger partial charge in [0.25, 0.3) is 0 Å². The summed E-state index contributed by atoms with van der Waals surface area (Å²) in [5.41, 5.74) is 2.30. The van der Waals surface area contributed by atoms with E-state index in [1.54, 1.807) is 0 Å². The van der Waals surface area contributed by atoms with Gasteiger partial charge in [-0.05, 0) is 37.3 Å². The molecule has 1 atom stereocenters. The summed E-state index contributed by atoms with van der Waals surface area (Å²) < 4.78 is 0. The van der Waals surface area contributed by atoms with Crippen LogP contribution in [0.3, 0.4) is 0 Å². The molecule has 1 saturated heterocycles. The Labute approximate surface area is 102 Å². The zero-order valence-electron chi connectivity index (χ0n) is 10.1. The van der Waals surface area contributed by atoms with E-state index in [9.17, 15) is 4.79 Å². The van der Waals surface area contributed by atoms with Crippen LogP contribution < -0.4 is 5.32 Å². The molecule has 2 heteroatoms. The van der Waals surface area contributed by atoms with E-state index in [1.807, 2.05) is 12.1 Å². The highest BCUT2D eigenvalue weighted by molar-refractivity contribution is 5.98. The van der Waals surface area contributed by atoms with Crippen LogP contribution in [0.1, 0.15) is 47.5 Å². The predicted molar refractivity (Wildman–Crippen MR) is 68.3 cm³/mol. The number of carbonyl (C=O) groups excluding carboxylic acids is 1. The van der Waals surface area contributed by atoms with Crippen LogP contribution in [0.15, 0.2) is 24.3 Å². The smallest absolute Gasteiger partial charge is 0.167 e. The molecular formula is C15H19NO. The number of carbonyl (C=O) groups is 1. The number of nitrogens with one attached hydrogen (secondary N) is 1. The van der Waals surface area contributed by atoms with Crippen LogP contribution in [-0.4, -0.2) is 18.9 Å². The van der Waals surface area contributed by atoms with E-state index >= 15 is 0 Å². The van der Waals surface area contributed by atoms with Crippen molar-refractivity contribution < 1.29 is 4.79 Å². The number of rotatable bonds is 3. The lowest BCUT2D eigenvalue weighted by Crippen LogP contribution is -2.18. The van der Waals surface area contributed by atoms with Gasteiger partial charge in [-0.25, -0.2) is 0 Å². The SMILES string of the molecule is O=C(c1ccc(C2CCC2)cc1)C1CCNC1. The van der Waals surface area contributed by atoms with Crippen LogP contribution in [0.25, 0.3) is 0 Å².